The van der Waals surface area contributed by atoms with Gasteiger partial charge in [-0.1, -0.05) is 23.7 Å². The highest BCUT2D eigenvalue weighted by Crippen LogP contribution is 2.36. The first-order valence-electron chi connectivity index (χ1n) is 8.04. The summed E-state index contributed by atoms with van der Waals surface area (Å²) in [6, 6.07) is 11.5. The first kappa shape index (κ1) is 16.7. The van der Waals surface area contributed by atoms with Gasteiger partial charge in [-0.2, -0.15) is 0 Å². The molecule has 1 aliphatic rings. The van der Waals surface area contributed by atoms with Crippen LogP contribution in [0.2, 0.25) is 5.02 Å². The monoisotopic (exact) mass is 345 g/mol. The first-order valence-corrected chi connectivity index (χ1v) is 8.41. The van der Waals surface area contributed by atoms with Crippen LogP contribution >= 0.6 is 11.6 Å². The normalized spacial score (nSPS) is 12.4. The van der Waals surface area contributed by atoms with Crippen molar-refractivity contribution in [2.75, 3.05) is 19.0 Å². The summed E-state index contributed by atoms with van der Waals surface area (Å²) in [4.78, 5) is 12.2. The zero-order valence-corrected chi connectivity index (χ0v) is 14.4. The number of methoxy groups -OCH3 is 1. The lowest BCUT2D eigenvalue weighted by Gasteiger charge is -2.10. The fourth-order valence-corrected chi connectivity index (χ4v) is 3.06. The average molecular weight is 346 g/mol. The minimum absolute atomic E-state index is 0.0246. The van der Waals surface area contributed by atoms with Crippen LogP contribution in [0.15, 0.2) is 36.4 Å². The number of nitrogens with one attached hydrogen (secondary N) is 1. The quantitative estimate of drug-likeness (QED) is 0.851. The lowest BCUT2D eigenvalue weighted by Crippen LogP contribution is -2.12. The van der Waals surface area contributed by atoms with Crippen molar-refractivity contribution >= 4 is 23.2 Å². The second-order valence-electron chi connectivity index (χ2n) is 5.79. The molecule has 0 bridgehead atoms. The third-order valence-corrected chi connectivity index (χ3v) is 4.27. The van der Waals surface area contributed by atoms with Gasteiger partial charge in [-0.3, -0.25) is 4.79 Å². The maximum atomic E-state index is 12.2. The van der Waals surface area contributed by atoms with E-state index < -0.39 is 0 Å². The molecular formula is C19H20ClNO3. The molecule has 0 saturated heterocycles. The number of fused-ring (bicyclic) bond motifs is 1. The van der Waals surface area contributed by atoms with E-state index in [0.717, 1.165) is 36.3 Å². The summed E-state index contributed by atoms with van der Waals surface area (Å²) in [6.45, 7) is 0.635. The van der Waals surface area contributed by atoms with Gasteiger partial charge in [0.05, 0.1) is 19.4 Å². The number of hydrogen-bond acceptors (Lipinski definition) is 3. The number of carbonyl (C=O) groups is 1. The third kappa shape index (κ3) is 4.01. The van der Waals surface area contributed by atoms with Gasteiger partial charge in [-0.15, -0.1) is 0 Å². The van der Waals surface area contributed by atoms with Crippen LogP contribution in [-0.4, -0.2) is 19.6 Å². The Morgan fingerprint density at radius 3 is 2.83 bits per heavy atom. The van der Waals surface area contributed by atoms with Crippen LogP contribution in [0.3, 0.4) is 0 Å². The Morgan fingerprint density at radius 1 is 1.29 bits per heavy atom. The van der Waals surface area contributed by atoms with E-state index in [2.05, 4.69) is 5.32 Å². The molecule has 0 fully saturated rings. The summed E-state index contributed by atoms with van der Waals surface area (Å²) in [5.41, 5.74) is 2.91. The number of amides is 1. The van der Waals surface area contributed by atoms with E-state index in [1.165, 1.54) is 5.56 Å². The number of hydrogen-bond donors (Lipinski definition) is 1. The van der Waals surface area contributed by atoms with Crippen molar-refractivity contribution in [1.82, 2.24) is 0 Å². The van der Waals surface area contributed by atoms with Crippen LogP contribution in [0.5, 0.6) is 11.5 Å². The SMILES string of the molecule is COc1ccc(CCCC(=O)Nc2cc(Cl)cc3c2OCC3)cc1. The Labute approximate surface area is 146 Å². The van der Waals surface area contributed by atoms with Gasteiger partial charge < -0.3 is 14.8 Å². The zero-order valence-electron chi connectivity index (χ0n) is 13.6. The predicted molar refractivity (Wildman–Crippen MR) is 95.2 cm³/mol. The molecule has 1 amide bonds. The summed E-state index contributed by atoms with van der Waals surface area (Å²) in [6.07, 6.45) is 2.91. The fourth-order valence-electron chi connectivity index (χ4n) is 2.82. The lowest BCUT2D eigenvalue weighted by molar-refractivity contribution is -0.116. The van der Waals surface area contributed by atoms with Crippen molar-refractivity contribution < 1.29 is 14.3 Å². The largest absolute Gasteiger partial charge is 0.497 e. The van der Waals surface area contributed by atoms with Crippen LogP contribution in [-0.2, 0) is 17.6 Å². The smallest absolute Gasteiger partial charge is 0.224 e. The highest BCUT2D eigenvalue weighted by atomic mass is 35.5. The van der Waals surface area contributed by atoms with Gasteiger partial charge in [-0.25, -0.2) is 0 Å². The van der Waals surface area contributed by atoms with Crippen molar-refractivity contribution in [1.29, 1.82) is 0 Å². The van der Waals surface area contributed by atoms with Gasteiger partial charge in [0.2, 0.25) is 5.91 Å². The molecule has 2 aromatic carbocycles. The summed E-state index contributed by atoms with van der Waals surface area (Å²) in [5, 5.41) is 3.54. The molecule has 0 radical (unpaired) electrons. The molecule has 0 spiro atoms. The summed E-state index contributed by atoms with van der Waals surface area (Å²) in [5.74, 6) is 1.57. The van der Waals surface area contributed by atoms with E-state index in [1.807, 2.05) is 30.3 Å². The van der Waals surface area contributed by atoms with Gasteiger partial charge in [0.15, 0.2) is 0 Å². The van der Waals surface area contributed by atoms with Gasteiger partial charge in [0.1, 0.15) is 11.5 Å². The topological polar surface area (TPSA) is 47.6 Å². The van der Waals surface area contributed by atoms with E-state index in [4.69, 9.17) is 21.1 Å². The van der Waals surface area contributed by atoms with Crippen LogP contribution in [0.25, 0.3) is 0 Å². The number of benzene rings is 2. The Hall–Kier alpha value is -2.20. The van der Waals surface area contributed by atoms with Crippen LogP contribution in [0.4, 0.5) is 5.69 Å². The molecule has 0 aromatic heterocycles. The highest BCUT2D eigenvalue weighted by Gasteiger charge is 2.18. The van der Waals surface area contributed by atoms with E-state index in [9.17, 15) is 4.79 Å². The number of aryl methyl sites for hydroxylation is 1. The molecule has 0 unspecified atom stereocenters. The average Bonchev–Trinajstić information content (AvgIpc) is 3.04. The second kappa shape index (κ2) is 7.58. The van der Waals surface area contributed by atoms with Gasteiger partial charge in [0, 0.05) is 23.4 Å². The van der Waals surface area contributed by atoms with Crippen molar-refractivity contribution in [3.8, 4) is 11.5 Å². The fraction of sp³-hybridized carbons (Fsp3) is 0.316. The Morgan fingerprint density at radius 2 is 2.08 bits per heavy atom. The molecule has 1 aliphatic heterocycles. The first-order chi connectivity index (χ1) is 11.7. The van der Waals surface area contributed by atoms with Crippen molar-refractivity contribution in [2.24, 2.45) is 0 Å². The van der Waals surface area contributed by atoms with Crippen LogP contribution in [0.1, 0.15) is 24.0 Å². The Balaban J connectivity index is 1.53. The van der Waals surface area contributed by atoms with Crippen molar-refractivity contribution in [3.63, 3.8) is 0 Å². The highest BCUT2D eigenvalue weighted by molar-refractivity contribution is 6.31. The minimum atomic E-state index is -0.0246. The predicted octanol–water partition coefficient (Wildman–Crippen LogP) is 4.24. The molecule has 2 aromatic rings. The summed E-state index contributed by atoms with van der Waals surface area (Å²) >= 11 is 6.10. The molecule has 126 valence electrons. The Kier molecular flexibility index (Phi) is 5.26. The summed E-state index contributed by atoms with van der Waals surface area (Å²) in [7, 11) is 1.65. The van der Waals surface area contributed by atoms with Crippen molar-refractivity contribution in [2.45, 2.75) is 25.7 Å². The minimum Gasteiger partial charge on any atom is -0.497 e. The molecule has 4 nitrogen and oxygen atoms in total. The molecule has 0 aliphatic carbocycles. The van der Waals surface area contributed by atoms with Gasteiger partial charge >= 0.3 is 0 Å². The van der Waals surface area contributed by atoms with Gasteiger partial charge in [-0.05, 0) is 42.7 Å². The second-order valence-corrected chi connectivity index (χ2v) is 6.23. The molecular weight excluding hydrogens is 326 g/mol. The molecule has 3 rings (SSSR count). The number of carbonyl (C=O) groups excluding carboxylic acids is 1. The molecule has 1 heterocycles. The van der Waals surface area contributed by atoms with Crippen LogP contribution in [0, 0.1) is 0 Å². The number of ether oxygens (including phenoxy) is 2. The maximum absolute atomic E-state index is 12.2. The maximum Gasteiger partial charge on any atom is 0.224 e. The Bertz CT molecular complexity index is 728. The number of anilines is 1. The standard InChI is InChI=1S/C19H20ClNO3/c1-23-16-7-5-13(6-8-16)3-2-4-18(22)21-17-12-15(20)11-14-9-10-24-19(14)17/h5-8,11-12H,2-4,9-10H2,1H3,(H,21,22). The van der Waals surface area contributed by atoms with Gasteiger partial charge in [0.25, 0.3) is 0 Å². The van der Waals surface area contributed by atoms with Crippen LogP contribution < -0.4 is 14.8 Å². The van der Waals surface area contributed by atoms with E-state index in [-0.39, 0.29) is 5.91 Å². The third-order valence-electron chi connectivity index (χ3n) is 4.05. The van der Waals surface area contributed by atoms with E-state index in [0.29, 0.717) is 23.7 Å². The lowest BCUT2D eigenvalue weighted by atomic mass is 10.1. The van der Waals surface area contributed by atoms with E-state index >= 15 is 0 Å². The molecule has 5 heteroatoms. The molecule has 24 heavy (non-hydrogen) atoms. The number of halogens is 1. The number of rotatable bonds is 6. The molecule has 0 atom stereocenters. The molecule has 0 saturated carbocycles. The van der Waals surface area contributed by atoms with Crippen molar-refractivity contribution in [3.05, 3.63) is 52.5 Å². The molecule has 1 N–H and O–H groups in total. The van der Waals surface area contributed by atoms with E-state index in [1.54, 1.807) is 13.2 Å². The summed E-state index contributed by atoms with van der Waals surface area (Å²) < 4.78 is 10.7. The zero-order chi connectivity index (χ0) is 16.9.